The molecule has 0 rings (SSSR count). The molecule has 0 aliphatic rings. The lowest BCUT2D eigenvalue weighted by Gasteiger charge is -2.14. The Bertz CT molecular complexity index is 290. The van der Waals surface area contributed by atoms with Crippen molar-refractivity contribution in [2.75, 3.05) is 19.8 Å². The molecule has 0 radical (unpaired) electrons. The first-order valence-electron chi connectivity index (χ1n) is 5.36. The van der Waals surface area contributed by atoms with E-state index >= 15 is 0 Å². The fourth-order valence-electron chi connectivity index (χ4n) is 0.841. The predicted molar refractivity (Wildman–Crippen MR) is 67.9 cm³/mol. The molecule has 0 aromatic carbocycles. The summed E-state index contributed by atoms with van der Waals surface area (Å²) in [5, 5.41) is 0. The Morgan fingerprint density at radius 3 is 1.94 bits per heavy atom. The molecule has 4 nitrogen and oxygen atoms in total. The monoisotopic (exact) mass is 264 g/mol. The Kier molecular flexibility index (Phi) is 7.21. The first-order chi connectivity index (χ1) is 7.33. The summed E-state index contributed by atoms with van der Waals surface area (Å²) < 4.78 is 26.8. The first-order valence-corrected chi connectivity index (χ1v) is 10.3. The van der Waals surface area contributed by atoms with Gasteiger partial charge in [0.1, 0.15) is 14.7 Å². The van der Waals surface area contributed by atoms with Gasteiger partial charge >= 0.3 is 7.82 Å². The lowest BCUT2D eigenvalue weighted by atomic mass is 10.8. The van der Waals surface area contributed by atoms with Crippen LogP contribution in [-0.2, 0) is 18.1 Å². The summed E-state index contributed by atoms with van der Waals surface area (Å²) >= 11 is 0. The molecule has 0 aliphatic heterocycles. The number of hydrogen-bond acceptors (Lipinski definition) is 4. The summed E-state index contributed by atoms with van der Waals surface area (Å²) in [4.78, 5) is 0. The fraction of sp³-hybridized carbons (Fsp3) is 0.800. The second-order valence-electron chi connectivity index (χ2n) is 4.11. The van der Waals surface area contributed by atoms with E-state index in [-0.39, 0.29) is 6.61 Å². The van der Waals surface area contributed by atoms with Crippen LogP contribution in [0.3, 0.4) is 0 Å². The van der Waals surface area contributed by atoms with E-state index in [1.165, 1.54) is 0 Å². The van der Waals surface area contributed by atoms with Crippen LogP contribution in [0.2, 0.25) is 19.6 Å². The normalized spacial score (nSPS) is 12.1. The topological polar surface area (TPSA) is 44.8 Å². The average molecular weight is 264 g/mol. The fourth-order valence-corrected chi connectivity index (χ4v) is 2.52. The average Bonchev–Trinajstić information content (AvgIpc) is 2.12. The van der Waals surface area contributed by atoms with Crippen LogP contribution in [0.4, 0.5) is 0 Å². The first kappa shape index (κ1) is 15.9. The van der Waals surface area contributed by atoms with Gasteiger partial charge in [0.25, 0.3) is 0 Å². The maximum Gasteiger partial charge on any atom is 0.475 e. The van der Waals surface area contributed by atoms with E-state index < -0.39 is 15.9 Å². The third kappa shape index (κ3) is 8.09. The van der Waals surface area contributed by atoms with Crippen molar-refractivity contribution in [2.24, 2.45) is 0 Å². The molecule has 16 heavy (non-hydrogen) atoms. The largest absolute Gasteiger partial charge is 0.475 e. The molecule has 0 amide bonds. The summed E-state index contributed by atoms with van der Waals surface area (Å²) in [6.45, 7) is 10.5. The van der Waals surface area contributed by atoms with E-state index in [9.17, 15) is 4.57 Å². The zero-order chi connectivity index (χ0) is 12.7. The van der Waals surface area contributed by atoms with Crippen LogP contribution in [0.15, 0.2) is 0 Å². The standard InChI is InChI=1S/C10H21O4PSi/c1-6-12-15(11,13-7-2)14-9-8-10-16(3,4)5/h6-7,9H2,1-5H3. The molecule has 0 aromatic rings. The molecule has 0 fully saturated rings. The van der Waals surface area contributed by atoms with Gasteiger partial charge in [-0.05, 0) is 13.8 Å². The van der Waals surface area contributed by atoms with Crippen LogP contribution in [0, 0.1) is 11.5 Å². The Morgan fingerprint density at radius 1 is 1.06 bits per heavy atom. The molecule has 6 heteroatoms. The molecule has 0 unspecified atom stereocenters. The molecule has 0 aromatic heterocycles. The van der Waals surface area contributed by atoms with Crippen LogP contribution in [-0.4, -0.2) is 27.9 Å². The molecule has 0 aliphatic carbocycles. The van der Waals surface area contributed by atoms with Crippen LogP contribution >= 0.6 is 7.82 Å². The zero-order valence-corrected chi connectivity index (χ0v) is 12.6. The second kappa shape index (κ2) is 7.26. The molecule has 0 spiro atoms. The van der Waals surface area contributed by atoms with Crippen molar-refractivity contribution in [3.05, 3.63) is 0 Å². The van der Waals surface area contributed by atoms with Gasteiger partial charge in [0.15, 0.2) is 0 Å². The summed E-state index contributed by atoms with van der Waals surface area (Å²) in [6.07, 6.45) is 0. The Morgan fingerprint density at radius 2 is 1.56 bits per heavy atom. The molecule has 0 saturated carbocycles. The van der Waals surface area contributed by atoms with Crippen LogP contribution in [0.5, 0.6) is 0 Å². The van der Waals surface area contributed by atoms with Crippen molar-refractivity contribution in [1.29, 1.82) is 0 Å². The predicted octanol–water partition coefficient (Wildman–Crippen LogP) is 3.06. The van der Waals surface area contributed by atoms with Crippen molar-refractivity contribution >= 4 is 15.9 Å². The maximum absolute atomic E-state index is 11.8. The van der Waals surface area contributed by atoms with Crippen LogP contribution < -0.4 is 0 Å². The summed E-state index contributed by atoms with van der Waals surface area (Å²) in [7, 11) is -4.79. The summed E-state index contributed by atoms with van der Waals surface area (Å²) in [5.74, 6) is 2.86. The smallest absolute Gasteiger partial charge is 0.287 e. The second-order valence-corrected chi connectivity index (χ2v) is 10.5. The van der Waals surface area contributed by atoms with E-state index in [2.05, 4.69) is 31.1 Å². The number of hydrogen-bond donors (Lipinski definition) is 0. The third-order valence-corrected chi connectivity index (χ3v) is 3.85. The van der Waals surface area contributed by atoms with Gasteiger partial charge in [-0.2, -0.15) is 0 Å². The van der Waals surface area contributed by atoms with Gasteiger partial charge in [-0.3, -0.25) is 13.6 Å². The lowest BCUT2D eigenvalue weighted by Crippen LogP contribution is -2.16. The number of phosphoric acid groups is 1. The van der Waals surface area contributed by atoms with Gasteiger partial charge in [-0.1, -0.05) is 25.6 Å². The lowest BCUT2D eigenvalue weighted by molar-refractivity contribution is 0.132. The molecular formula is C10H21O4PSi. The van der Waals surface area contributed by atoms with Crippen LogP contribution in [0.1, 0.15) is 13.8 Å². The summed E-state index contributed by atoms with van der Waals surface area (Å²) in [6, 6.07) is 0. The summed E-state index contributed by atoms with van der Waals surface area (Å²) in [5.41, 5.74) is 3.11. The minimum Gasteiger partial charge on any atom is -0.287 e. The number of phosphoric ester groups is 1. The van der Waals surface area contributed by atoms with E-state index in [1.54, 1.807) is 13.8 Å². The van der Waals surface area contributed by atoms with E-state index in [0.717, 1.165) is 0 Å². The van der Waals surface area contributed by atoms with Crippen molar-refractivity contribution in [2.45, 2.75) is 33.5 Å². The SMILES string of the molecule is CCOP(=O)(OCC)OCC#C[Si](C)(C)C. The maximum atomic E-state index is 11.8. The van der Waals surface area contributed by atoms with Crippen molar-refractivity contribution < 1.29 is 18.1 Å². The van der Waals surface area contributed by atoms with Gasteiger partial charge in [-0.15, -0.1) is 5.54 Å². The third-order valence-electron chi connectivity index (χ3n) is 1.33. The van der Waals surface area contributed by atoms with E-state index in [4.69, 9.17) is 13.6 Å². The Hall–Kier alpha value is -0.113. The van der Waals surface area contributed by atoms with Gasteiger partial charge in [0.2, 0.25) is 0 Å². The molecule has 94 valence electrons. The van der Waals surface area contributed by atoms with Crippen LogP contribution in [0.25, 0.3) is 0 Å². The Balaban J connectivity index is 4.22. The van der Waals surface area contributed by atoms with Gasteiger partial charge < -0.3 is 0 Å². The minimum absolute atomic E-state index is 0.0849. The number of rotatable bonds is 6. The molecule has 0 bridgehead atoms. The molecule has 0 atom stereocenters. The highest BCUT2D eigenvalue weighted by Crippen LogP contribution is 2.48. The quantitative estimate of drug-likeness (QED) is 0.420. The molecular weight excluding hydrogens is 243 g/mol. The van der Waals surface area contributed by atoms with E-state index in [0.29, 0.717) is 13.2 Å². The van der Waals surface area contributed by atoms with Crippen molar-refractivity contribution in [3.8, 4) is 11.5 Å². The van der Waals surface area contributed by atoms with Gasteiger partial charge in [-0.25, -0.2) is 4.57 Å². The van der Waals surface area contributed by atoms with Crippen molar-refractivity contribution in [3.63, 3.8) is 0 Å². The Labute approximate surface area is 99.3 Å². The molecule has 0 N–H and O–H groups in total. The highest BCUT2D eigenvalue weighted by Gasteiger charge is 2.24. The molecule has 0 heterocycles. The van der Waals surface area contributed by atoms with Gasteiger partial charge in [0.05, 0.1) is 13.2 Å². The van der Waals surface area contributed by atoms with Gasteiger partial charge in [0, 0.05) is 0 Å². The minimum atomic E-state index is -3.39. The highest BCUT2D eigenvalue weighted by molar-refractivity contribution is 7.48. The van der Waals surface area contributed by atoms with E-state index in [1.807, 2.05) is 0 Å². The highest BCUT2D eigenvalue weighted by atomic mass is 31.2. The molecule has 0 saturated heterocycles. The zero-order valence-electron chi connectivity index (χ0n) is 10.7. The van der Waals surface area contributed by atoms with Crippen molar-refractivity contribution in [1.82, 2.24) is 0 Å².